The fraction of sp³-hybridized carbons (Fsp3) is 0.333. The number of imide groups is 1. The van der Waals surface area contributed by atoms with E-state index >= 15 is 0 Å². The average molecular weight is 333 g/mol. The molecule has 2 aromatic rings. The minimum Gasteiger partial charge on any atom is -0.340 e. The van der Waals surface area contributed by atoms with Crippen molar-refractivity contribution in [1.82, 2.24) is 24.7 Å². The van der Waals surface area contributed by atoms with Crippen molar-refractivity contribution in [3.05, 3.63) is 29.8 Å². The summed E-state index contributed by atoms with van der Waals surface area (Å²) in [4.78, 5) is 46.5. The zero-order chi connectivity index (χ0) is 17.4. The van der Waals surface area contributed by atoms with Gasteiger partial charge in [0.15, 0.2) is 0 Å². The van der Waals surface area contributed by atoms with Crippen LogP contribution >= 0.6 is 0 Å². The van der Waals surface area contributed by atoms with Crippen LogP contribution in [0.5, 0.6) is 0 Å². The zero-order valence-corrected chi connectivity index (χ0v) is 13.2. The van der Waals surface area contributed by atoms with E-state index < -0.39 is 17.8 Å². The molecule has 0 radical (unpaired) electrons. The molecule has 0 bridgehead atoms. The molecule has 9 heteroatoms. The van der Waals surface area contributed by atoms with Gasteiger partial charge >= 0.3 is 6.03 Å². The number of H-pyrrole nitrogens is 1. The van der Waals surface area contributed by atoms with Crippen molar-refractivity contribution in [2.24, 2.45) is 0 Å². The number of fused-ring (bicyclic) bond motifs is 1. The molecular formula is C15H16FN5O3. The highest BCUT2D eigenvalue weighted by Crippen LogP contribution is 2.14. The van der Waals surface area contributed by atoms with Gasteiger partial charge in [0.25, 0.3) is 5.91 Å². The Balaban J connectivity index is 1.67. The number of rotatable bonds is 4. The van der Waals surface area contributed by atoms with Crippen molar-refractivity contribution in [3.63, 3.8) is 0 Å². The maximum absolute atomic E-state index is 13.2. The molecule has 1 fully saturated rings. The summed E-state index contributed by atoms with van der Waals surface area (Å²) in [6.07, 6.45) is 0. The molecule has 1 saturated heterocycles. The molecular weight excluding hydrogens is 317 g/mol. The van der Waals surface area contributed by atoms with E-state index in [0.29, 0.717) is 16.9 Å². The lowest BCUT2D eigenvalue weighted by molar-refractivity contribution is -0.136. The minimum absolute atomic E-state index is 0.0229. The smallest absolute Gasteiger partial charge is 0.327 e. The van der Waals surface area contributed by atoms with Crippen LogP contribution in [0.15, 0.2) is 18.2 Å². The Hall–Kier alpha value is -2.97. The SMILES string of the molecule is CN(Cc1nc2ccc(F)cc2[nH]1)C(=O)CN1C(=O)CN(C)C1=O. The number of likely N-dealkylation sites (N-methyl/N-ethyl adjacent to an activating group) is 2. The summed E-state index contributed by atoms with van der Waals surface area (Å²) in [5.74, 6) is -0.679. The van der Waals surface area contributed by atoms with Gasteiger partial charge in [-0.15, -0.1) is 0 Å². The summed E-state index contributed by atoms with van der Waals surface area (Å²) in [5.41, 5.74) is 1.14. The molecule has 1 N–H and O–H groups in total. The molecule has 0 unspecified atom stereocenters. The molecule has 0 aliphatic carbocycles. The highest BCUT2D eigenvalue weighted by molar-refractivity contribution is 6.04. The second kappa shape index (κ2) is 5.91. The van der Waals surface area contributed by atoms with Gasteiger partial charge in [-0.1, -0.05) is 0 Å². The van der Waals surface area contributed by atoms with Gasteiger partial charge in [-0.2, -0.15) is 0 Å². The number of nitrogens with one attached hydrogen (secondary N) is 1. The third kappa shape index (κ3) is 2.92. The van der Waals surface area contributed by atoms with Crippen molar-refractivity contribution < 1.29 is 18.8 Å². The fourth-order valence-electron chi connectivity index (χ4n) is 2.50. The first kappa shape index (κ1) is 15.9. The number of amides is 4. The number of aromatic amines is 1. The zero-order valence-electron chi connectivity index (χ0n) is 13.2. The highest BCUT2D eigenvalue weighted by Gasteiger charge is 2.35. The number of carbonyl (C=O) groups excluding carboxylic acids is 3. The summed E-state index contributed by atoms with van der Waals surface area (Å²) < 4.78 is 13.2. The third-order valence-electron chi connectivity index (χ3n) is 3.83. The van der Waals surface area contributed by atoms with Crippen LogP contribution in [0.3, 0.4) is 0 Å². The fourth-order valence-corrected chi connectivity index (χ4v) is 2.50. The number of aromatic nitrogens is 2. The molecule has 24 heavy (non-hydrogen) atoms. The van der Waals surface area contributed by atoms with Crippen LogP contribution in [0, 0.1) is 5.82 Å². The molecule has 3 rings (SSSR count). The van der Waals surface area contributed by atoms with Gasteiger partial charge in [-0.05, 0) is 18.2 Å². The second-order valence-electron chi connectivity index (χ2n) is 5.71. The normalized spacial score (nSPS) is 14.8. The van der Waals surface area contributed by atoms with Crippen molar-refractivity contribution in [1.29, 1.82) is 0 Å². The largest absolute Gasteiger partial charge is 0.340 e. The van der Waals surface area contributed by atoms with Gasteiger partial charge in [0.1, 0.15) is 24.7 Å². The van der Waals surface area contributed by atoms with E-state index in [1.165, 1.54) is 29.0 Å². The third-order valence-corrected chi connectivity index (χ3v) is 3.83. The molecule has 1 aliphatic heterocycles. The Labute approximate surface area is 136 Å². The number of carbonyl (C=O) groups is 3. The number of benzene rings is 1. The number of nitrogens with zero attached hydrogens (tertiary/aromatic N) is 4. The molecule has 0 spiro atoms. The summed E-state index contributed by atoms with van der Waals surface area (Å²) in [7, 11) is 3.05. The Morgan fingerprint density at radius 2 is 2.17 bits per heavy atom. The molecule has 1 aliphatic rings. The van der Waals surface area contributed by atoms with E-state index in [9.17, 15) is 18.8 Å². The predicted octanol–water partition coefficient (Wildman–Crippen LogP) is 0.554. The standard InChI is InChI=1S/C15H16FN5O3/c1-19(13(22)8-21-14(23)7-20(2)15(21)24)6-12-17-10-4-3-9(16)5-11(10)18-12/h3-5H,6-8H2,1-2H3,(H,17,18). The van der Waals surface area contributed by atoms with Gasteiger partial charge in [0.2, 0.25) is 5.91 Å². The molecule has 0 atom stereocenters. The van der Waals surface area contributed by atoms with Crippen molar-refractivity contribution in [2.75, 3.05) is 27.2 Å². The van der Waals surface area contributed by atoms with Crippen LogP contribution < -0.4 is 0 Å². The molecule has 2 heterocycles. The summed E-state index contributed by atoms with van der Waals surface area (Å²) in [6.45, 7) is -0.181. The summed E-state index contributed by atoms with van der Waals surface area (Å²) in [5, 5.41) is 0. The van der Waals surface area contributed by atoms with Gasteiger partial charge in [-0.25, -0.2) is 14.2 Å². The Morgan fingerprint density at radius 1 is 1.42 bits per heavy atom. The van der Waals surface area contributed by atoms with Crippen LogP contribution in [-0.2, 0) is 16.1 Å². The van der Waals surface area contributed by atoms with Gasteiger partial charge in [-0.3, -0.25) is 14.5 Å². The summed E-state index contributed by atoms with van der Waals surface area (Å²) >= 11 is 0. The van der Waals surface area contributed by atoms with Crippen LogP contribution in [0.1, 0.15) is 5.82 Å². The van der Waals surface area contributed by atoms with E-state index in [-0.39, 0.29) is 25.5 Å². The first-order valence-corrected chi connectivity index (χ1v) is 7.28. The number of hydrogen-bond acceptors (Lipinski definition) is 4. The van der Waals surface area contributed by atoms with E-state index in [2.05, 4.69) is 9.97 Å². The van der Waals surface area contributed by atoms with Crippen molar-refractivity contribution in [3.8, 4) is 0 Å². The van der Waals surface area contributed by atoms with E-state index in [0.717, 1.165) is 4.90 Å². The minimum atomic E-state index is -0.485. The van der Waals surface area contributed by atoms with E-state index in [4.69, 9.17) is 0 Å². The number of urea groups is 1. The maximum Gasteiger partial charge on any atom is 0.327 e. The van der Waals surface area contributed by atoms with Crippen LogP contribution in [-0.4, -0.2) is 69.7 Å². The second-order valence-corrected chi connectivity index (χ2v) is 5.71. The van der Waals surface area contributed by atoms with E-state index in [1.807, 2.05) is 0 Å². The number of imidazole rings is 1. The molecule has 8 nitrogen and oxygen atoms in total. The lowest BCUT2D eigenvalue weighted by Crippen LogP contribution is -2.41. The lowest BCUT2D eigenvalue weighted by Gasteiger charge is -2.19. The molecule has 1 aromatic carbocycles. The van der Waals surface area contributed by atoms with Crippen molar-refractivity contribution >= 4 is 28.9 Å². The molecule has 1 aromatic heterocycles. The average Bonchev–Trinajstić information content (AvgIpc) is 3.01. The van der Waals surface area contributed by atoms with E-state index in [1.54, 1.807) is 13.1 Å². The number of hydrogen-bond donors (Lipinski definition) is 1. The van der Waals surface area contributed by atoms with Gasteiger partial charge in [0.05, 0.1) is 17.6 Å². The predicted molar refractivity (Wildman–Crippen MR) is 82.3 cm³/mol. The molecule has 126 valence electrons. The topological polar surface area (TPSA) is 89.6 Å². The van der Waals surface area contributed by atoms with Crippen molar-refractivity contribution in [2.45, 2.75) is 6.54 Å². The van der Waals surface area contributed by atoms with Crippen LogP contribution in [0.25, 0.3) is 11.0 Å². The summed E-state index contributed by atoms with van der Waals surface area (Å²) in [6, 6.07) is 3.69. The Morgan fingerprint density at radius 3 is 2.83 bits per heavy atom. The Bertz CT molecular complexity index is 834. The van der Waals surface area contributed by atoms with Crippen LogP contribution in [0.2, 0.25) is 0 Å². The molecule has 4 amide bonds. The van der Waals surface area contributed by atoms with Crippen LogP contribution in [0.4, 0.5) is 9.18 Å². The number of halogens is 1. The quantitative estimate of drug-likeness (QED) is 0.828. The monoisotopic (exact) mass is 333 g/mol. The maximum atomic E-state index is 13.2. The first-order valence-electron chi connectivity index (χ1n) is 7.28. The van der Waals surface area contributed by atoms with Gasteiger partial charge < -0.3 is 14.8 Å². The lowest BCUT2D eigenvalue weighted by atomic mass is 10.3. The molecule has 0 saturated carbocycles. The highest BCUT2D eigenvalue weighted by atomic mass is 19.1. The first-order chi connectivity index (χ1) is 11.3. The van der Waals surface area contributed by atoms with Gasteiger partial charge in [0, 0.05) is 14.1 Å². The Kier molecular flexibility index (Phi) is 3.92.